The van der Waals surface area contributed by atoms with Gasteiger partial charge in [0.05, 0.1) is 17.3 Å². The number of benzene rings is 1. The number of nitrogens with two attached hydrogens (primary N) is 1. The molecule has 2 aromatic rings. The Labute approximate surface area is 135 Å². The molecule has 1 aliphatic carbocycles. The lowest BCUT2D eigenvalue weighted by Crippen LogP contribution is -2.27. The highest BCUT2D eigenvalue weighted by molar-refractivity contribution is 9.10. The lowest BCUT2D eigenvalue weighted by atomic mass is 9.95. The number of primary amides is 1. The maximum atomic E-state index is 12.6. The molecule has 114 valence electrons. The van der Waals surface area contributed by atoms with E-state index in [0.717, 1.165) is 22.9 Å². The van der Waals surface area contributed by atoms with Crippen molar-refractivity contribution in [3.05, 3.63) is 46.7 Å². The van der Waals surface area contributed by atoms with Gasteiger partial charge >= 0.3 is 0 Å². The first-order valence-corrected chi connectivity index (χ1v) is 7.67. The van der Waals surface area contributed by atoms with Crippen LogP contribution in [0, 0.1) is 0 Å². The summed E-state index contributed by atoms with van der Waals surface area (Å²) in [5.74, 6) is -0.530. The van der Waals surface area contributed by atoms with Gasteiger partial charge < -0.3 is 11.1 Å². The molecule has 0 bridgehead atoms. The molecule has 1 aliphatic rings. The van der Waals surface area contributed by atoms with E-state index in [-0.39, 0.29) is 12.5 Å². The van der Waals surface area contributed by atoms with Gasteiger partial charge in [0.25, 0.3) is 0 Å². The summed E-state index contributed by atoms with van der Waals surface area (Å²) in [5.41, 5.74) is 6.22. The van der Waals surface area contributed by atoms with Crippen molar-refractivity contribution in [1.82, 2.24) is 9.78 Å². The van der Waals surface area contributed by atoms with E-state index in [2.05, 4.69) is 26.3 Å². The third-order valence-corrected chi connectivity index (χ3v) is 4.26. The highest BCUT2D eigenvalue weighted by Crippen LogP contribution is 2.49. The Morgan fingerprint density at radius 1 is 1.41 bits per heavy atom. The second-order valence-corrected chi connectivity index (χ2v) is 6.36. The number of aromatic nitrogens is 2. The number of anilines is 1. The minimum absolute atomic E-state index is 0.00730. The van der Waals surface area contributed by atoms with Crippen molar-refractivity contribution in [3.63, 3.8) is 0 Å². The summed E-state index contributed by atoms with van der Waals surface area (Å²) in [6, 6.07) is 7.81. The monoisotopic (exact) mass is 362 g/mol. The molecular formula is C15H15BrN4O2. The van der Waals surface area contributed by atoms with Gasteiger partial charge in [-0.1, -0.05) is 28.1 Å². The van der Waals surface area contributed by atoms with Crippen LogP contribution < -0.4 is 11.1 Å². The predicted molar refractivity (Wildman–Crippen MR) is 85.1 cm³/mol. The van der Waals surface area contributed by atoms with Crippen LogP contribution in [0.4, 0.5) is 5.69 Å². The Hall–Kier alpha value is -2.15. The predicted octanol–water partition coefficient (Wildman–Crippen LogP) is 1.80. The molecule has 7 heteroatoms. The molecule has 0 spiro atoms. The highest BCUT2D eigenvalue weighted by Gasteiger charge is 2.51. The number of amides is 2. The molecule has 0 unspecified atom stereocenters. The summed E-state index contributed by atoms with van der Waals surface area (Å²) in [7, 11) is 0. The van der Waals surface area contributed by atoms with Crippen molar-refractivity contribution in [2.75, 3.05) is 5.32 Å². The molecule has 3 rings (SSSR count). The van der Waals surface area contributed by atoms with E-state index in [4.69, 9.17) is 5.73 Å². The van der Waals surface area contributed by atoms with Crippen molar-refractivity contribution in [1.29, 1.82) is 0 Å². The zero-order valence-corrected chi connectivity index (χ0v) is 13.3. The summed E-state index contributed by atoms with van der Waals surface area (Å²) in [4.78, 5) is 23.4. The quantitative estimate of drug-likeness (QED) is 0.849. The van der Waals surface area contributed by atoms with E-state index in [1.54, 1.807) is 6.20 Å². The minimum atomic E-state index is -0.478. The molecule has 6 nitrogen and oxygen atoms in total. The van der Waals surface area contributed by atoms with Gasteiger partial charge in [0.15, 0.2) is 0 Å². The fourth-order valence-corrected chi connectivity index (χ4v) is 2.88. The number of hydrogen-bond acceptors (Lipinski definition) is 3. The van der Waals surface area contributed by atoms with Crippen molar-refractivity contribution in [3.8, 4) is 0 Å². The van der Waals surface area contributed by atoms with Gasteiger partial charge in [-0.15, -0.1) is 0 Å². The fourth-order valence-electron chi connectivity index (χ4n) is 2.48. The van der Waals surface area contributed by atoms with Gasteiger partial charge in [0, 0.05) is 10.7 Å². The number of hydrogen-bond donors (Lipinski definition) is 2. The van der Waals surface area contributed by atoms with Gasteiger partial charge in [-0.2, -0.15) is 5.10 Å². The number of nitrogens with zero attached hydrogens (tertiary/aromatic N) is 2. The number of rotatable bonds is 5. The lowest BCUT2D eigenvalue weighted by Gasteiger charge is -2.15. The van der Waals surface area contributed by atoms with Gasteiger partial charge in [-0.25, -0.2) is 0 Å². The maximum absolute atomic E-state index is 12.6. The molecule has 0 aliphatic heterocycles. The fraction of sp³-hybridized carbons (Fsp3) is 0.267. The van der Waals surface area contributed by atoms with Crippen LogP contribution in [0.5, 0.6) is 0 Å². The first-order chi connectivity index (χ1) is 10.5. The summed E-state index contributed by atoms with van der Waals surface area (Å²) < 4.78 is 2.36. The number of halogens is 1. The zero-order chi connectivity index (χ0) is 15.7. The Bertz CT molecular complexity index is 737. The third-order valence-electron chi connectivity index (χ3n) is 3.77. The largest absolute Gasteiger partial charge is 0.368 e. The molecule has 0 radical (unpaired) electrons. The standard InChI is InChI=1S/C15H15BrN4O2/c16-11-3-1-2-10(6-11)15(4-5-15)14(22)19-12-7-18-20(8-12)9-13(17)21/h1-3,6-8H,4-5,9H2,(H2,17,21)(H,19,22). The molecule has 22 heavy (non-hydrogen) atoms. The Kier molecular flexibility index (Phi) is 3.74. The van der Waals surface area contributed by atoms with Gasteiger partial charge in [0.2, 0.25) is 11.8 Å². The van der Waals surface area contributed by atoms with Crippen LogP contribution in [-0.4, -0.2) is 21.6 Å². The molecule has 1 heterocycles. The smallest absolute Gasteiger partial charge is 0.239 e. The average Bonchev–Trinajstić information content (AvgIpc) is 3.16. The van der Waals surface area contributed by atoms with E-state index >= 15 is 0 Å². The van der Waals surface area contributed by atoms with Crippen molar-refractivity contribution >= 4 is 33.4 Å². The normalized spacial score (nSPS) is 15.3. The van der Waals surface area contributed by atoms with Crippen LogP contribution in [0.15, 0.2) is 41.1 Å². The Morgan fingerprint density at radius 3 is 2.82 bits per heavy atom. The Balaban J connectivity index is 1.74. The van der Waals surface area contributed by atoms with Crippen LogP contribution in [0.1, 0.15) is 18.4 Å². The topological polar surface area (TPSA) is 90.0 Å². The van der Waals surface area contributed by atoms with Crippen LogP contribution in [0.2, 0.25) is 0 Å². The average molecular weight is 363 g/mol. The maximum Gasteiger partial charge on any atom is 0.239 e. The van der Waals surface area contributed by atoms with Gasteiger partial charge in [-0.3, -0.25) is 14.3 Å². The molecule has 0 atom stereocenters. The van der Waals surface area contributed by atoms with Gasteiger partial charge in [-0.05, 0) is 30.5 Å². The van der Waals surface area contributed by atoms with E-state index < -0.39 is 11.3 Å². The van der Waals surface area contributed by atoms with Crippen LogP contribution in [0.25, 0.3) is 0 Å². The molecular weight excluding hydrogens is 348 g/mol. The molecule has 2 amide bonds. The summed E-state index contributed by atoms with van der Waals surface area (Å²) in [5, 5.41) is 6.86. The molecule has 1 fully saturated rings. The van der Waals surface area contributed by atoms with Crippen molar-refractivity contribution < 1.29 is 9.59 Å². The van der Waals surface area contributed by atoms with Crippen LogP contribution >= 0.6 is 15.9 Å². The third kappa shape index (κ3) is 2.89. The van der Waals surface area contributed by atoms with Crippen molar-refractivity contribution in [2.45, 2.75) is 24.8 Å². The molecule has 1 aromatic heterocycles. The number of carbonyl (C=O) groups excluding carboxylic acids is 2. The van der Waals surface area contributed by atoms with E-state index in [9.17, 15) is 9.59 Å². The second-order valence-electron chi connectivity index (χ2n) is 5.44. The van der Waals surface area contributed by atoms with Crippen LogP contribution in [-0.2, 0) is 21.5 Å². The first-order valence-electron chi connectivity index (χ1n) is 6.88. The summed E-state index contributed by atoms with van der Waals surface area (Å²) >= 11 is 3.44. The van der Waals surface area contributed by atoms with Crippen molar-refractivity contribution in [2.24, 2.45) is 5.73 Å². The highest BCUT2D eigenvalue weighted by atomic mass is 79.9. The van der Waals surface area contributed by atoms with Crippen LogP contribution in [0.3, 0.4) is 0 Å². The second kappa shape index (κ2) is 5.57. The van der Waals surface area contributed by atoms with Gasteiger partial charge in [0.1, 0.15) is 6.54 Å². The Morgan fingerprint density at radius 2 is 2.18 bits per heavy atom. The lowest BCUT2D eigenvalue weighted by molar-refractivity contribution is -0.119. The number of carbonyl (C=O) groups is 2. The summed E-state index contributed by atoms with van der Waals surface area (Å²) in [6.45, 7) is -0.00730. The van der Waals surface area contributed by atoms with E-state index in [1.807, 2.05) is 24.3 Å². The van der Waals surface area contributed by atoms with E-state index in [1.165, 1.54) is 10.9 Å². The molecule has 3 N–H and O–H groups in total. The van der Waals surface area contributed by atoms with E-state index in [0.29, 0.717) is 5.69 Å². The molecule has 1 saturated carbocycles. The minimum Gasteiger partial charge on any atom is -0.368 e. The molecule has 0 saturated heterocycles. The first kappa shape index (κ1) is 14.8. The number of nitrogens with one attached hydrogen (secondary N) is 1. The molecule has 1 aromatic carbocycles. The summed E-state index contributed by atoms with van der Waals surface area (Å²) in [6.07, 6.45) is 4.76. The zero-order valence-electron chi connectivity index (χ0n) is 11.8. The SMILES string of the molecule is NC(=O)Cn1cc(NC(=O)C2(c3cccc(Br)c3)CC2)cn1.